The van der Waals surface area contributed by atoms with E-state index in [0.717, 1.165) is 22.3 Å². The lowest BCUT2D eigenvalue weighted by molar-refractivity contribution is -0.268. The summed E-state index contributed by atoms with van der Waals surface area (Å²) in [7, 11) is 1.47. The zero-order valence-electron chi connectivity index (χ0n) is 17.2. The number of phenols is 1. The van der Waals surface area contributed by atoms with Crippen LogP contribution in [0.5, 0.6) is 17.2 Å². The van der Waals surface area contributed by atoms with Crippen LogP contribution in [0.1, 0.15) is 18.1 Å². The van der Waals surface area contributed by atoms with Crippen LogP contribution in [0, 0.1) is 0 Å². The third-order valence-electron chi connectivity index (χ3n) is 5.82. The number of aliphatic hydroxyl groups excluding tert-OH is 4. The Labute approximate surface area is 179 Å². The Bertz CT molecular complexity index is 1000. The van der Waals surface area contributed by atoms with Crippen molar-refractivity contribution in [2.75, 3.05) is 13.7 Å². The van der Waals surface area contributed by atoms with Gasteiger partial charge in [0.25, 0.3) is 0 Å². The first kappa shape index (κ1) is 21.6. The van der Waals surface area contributed by atoms with Crippen molar-refractivity contribution in [1.29, 1.82) is 0 Å². The molecule has 0 saturated carbocycles. The van der Waals surface area contributed by atoms with E-state index in [2.05, 4.69) is 0 Å². The van der Waals surface area contributed by atoms with E-state index in [4.69, 9.17) is 14.2 Å². The molecule has 1 aliphatic heterocycles. The maximum atomic E-state index is 10.3. The number of aliphatic hydroxyl groups is 4. The van der Waals surface area contributed by atoms with E-state index < -0.39 is 30.7 Å². The van der Waals surface area contributed by atoms with E-state index in [1.807, 2.05) is 6.08 Å². The van der Waals surface area contributed by atoms with Gasteiger partial charge in [0.05, 0.1) is 19.8 Å². The van der Waals surface area contributed by atoms with E-state index in [9.17, 15) is 25.5 Å². The number of phenolic OH excluding ortho intramolecular Hbond substituents is 1. The average Bonchev–Trinajstić information content (AvgIpc) is 2.91. The summed E-state index contributed by atoms with van der Waals surface area (Å²) in [6.07, 6.45) is -3.67. The molecule has 0 radical (unpaired) electrons. The Hall–Kier alpha value is -2.62. The van der Waals surface area contributed by atoms with Crippen LogP contribution in [0.15, 0.2) is 36.4 Å². The quantitative estimate of drug-likeness (QED) is 0.490. The number of methoxy groups -OCH3 is 1. The van der Waals surface area contributed by atoms with Gasteiger partial charge in [-0.15, -0.1) is 0 Å². The minimum Gasteiger partial charge on any atom is -0.508 e. The van der Waals surface area contributed by atoms with Gasteiger partial charge in [0.1, 0.15) is 24.1 Å². The molecule has 2 aromatic carbocycles. The number of allylic oxidation sites excluding steroid dienone is 1. The van der Waals surface area contributed by atoms with Crippen LogP contribution >= 0.6 is 0 Å². The van der Waals surface area contributed by atoms with Crippen molar-refractivity contribution in [3.63, 3.8) is 0 Å². The molecule has 5 N–H and O–H groups in total. The first-order valence-corrected chi connectivity index (χ1v) is 10.0. The minimum atomic E-state index is -1.47. The van der Waals surface area contributed by atoms with Gasteiger partial charge in [0.2, 0.25) is 6.29 Å². The fourth-order valence-corrected chi connectivity index (χ4v) is 4.04. The van der Waals surface area contributed by atoms with Crippen LogP contribution in [0.25, 0.3) is 16.7 Å². The molecule has 0 amide bonds. The van der Waals surface area contributed by atoms with Gasteiger partial charge in [-0.2, -0.15) is 0 Å². The molecule has 1 aliphatic carbocycles. The number of rotatable bonds is 4. The summed E-state index contributed by atoms with van der Waals surface area (Å²) in [5.41, 5.74) is 3.94. The number of hydrogen-bond acceptors (Lipinski definition) is 8. The Morgan fingerprint density at radius 3 is 2.42 bits per heavy atom. The predicted octanol–water partition coefficient (Wildman–Crippen LogP) is 1.21. The minimum absolute atomic E-state index is 0.145. The lowest BCUT2D eigenvalue weighted by Gasteiger charge is -2.39. The fraction of sp³-hybridized carbons (Fsp3) is 0.391. The summed E-state index contributed by atoms with van der Waals surface area (Å²) in [6, 6.07) is 8.51. The zero-order chi connectivity index (χ0) is 22.3. The molecule has 1 saturated heterocycles. The SMILES string of the molecule is COc1cc2c(cc1OC1OC(C)C(O)C(O)C1O)-c1ccc(O)cc1CC=C2CO. The summed E-state index contributed by atoms with van der Waals surface area (Å²) in [4.78, 5) is 0. The Morgan fingerprint density at radius 2 is 1.71 bits per heavy atom. The predicted molar refractivity (Wildman–Crippen MR) is 112 cm³/mol. The van der Waals surface area contributed by atoms with Gasteiger partial charge in [-0.25, -0.2) is 0 Å². The van der Waals surface area contributed by atoms with Crippen LogP contribution < -0.4 is 9.47 Å². The second-order valence-electron chi connectivity index (χ2n) is 7.78. The first-order chi connectivity index (χ1) is 14.8. The number of aromatic hydroxyl groups is 1. The fourth-order valence-electron chi connectivity index (χ4n) is 4.04. The van der Waals surface area contributed by atoms with Gasteiger partial charge >= 0.3 is 0 Å². The molecular formula is C23H26O8. The average molecular weight is 430 g/mol. The second-order valence-corrected chi connectivity index (χ2v) is 7.78. The largest absolute Gasteiger partial charge is 0.508 e. The molecule has 0 bridgehead atoms. The van der Waals surface area contributed by atoms with Gasteiger partial charge in [-0.1, -0.05) is 12.1 Å². The summed E-state index contributed by atoms with van der Waals surface area (Å²) < 4.78 is 16.9. The molecule has 31 heavy (non-hydrogen) atoms. The lowest BCUT2D eigenvalue weighted by Crippen LogP contribution is -2.58. The van der Waals surface area contributed by atoms with E-state index in [1.54, 1.807) is 37.3 Å². The maximum absolute atomic E-state index is 10.3. The van der Waals surface area contributed by atoms with Gasteiger partial charge < -0.3 is 39.7 Å². The molecular weight excluding hydrogens is 404 g/mol. The molecule has 0 spiro atoms. The summed E-state index contributed by atoms with van der Waals surface area (Å²) in [5.74, 6) is 0.759. The molecule has 1 fully saturated rings. The second kappa shape index (κ2) is 8.49. The summed E-state index contributed by atoms with van der Waals surface area (Å²) in [6.45, 7) is 1.40. The number of ether oxygens (including phenoxy) is 3. The molecule has 2 aromatic rings. The monoisotopic (exact) mass is 430 g/mol. The van der Waals surface area contributed by atoms with Crippen LogP contribution in [0.2, 0.25) is 0 Å². The van der Waals surface area contributed by atoms with Crippen molar-refractivity contribution < 1.29 is 39.7 Å². The van der Waals surface area contributed by atoms with Crippen LogP contribution in [0.4, 0.5) is 0 Å². The highest BCUT2D eigenvalue weighted by atomic mass is 16.7. The smallest absolute Gasteiger partial charge is 0.229 e. The van der Waals surface area contributed by atoms with Crippen molar-refractivity contribution in [2.24, 2.45) is 0 Å². The molecule has 8 heteroatoms. The van der Waals surface area contributed by atoms with E-state index in [-0.39, 0.29) is 18.1 Å². The van der Waals surface area contributed by atoms with Gasteiger partial charge in [-0.05, 0) is 65.4 Å². The molecule has 0 aromatic heterocycles. The van der Waals surface area contributed by atoms with Crippen molar-refractivity contribution in [3.05, 3.63) is 47.5 Å². The highest BCUT2D eigenvalue weighted by Crippen LogP contribution is 2.43. The third kappa shape index (κ3) is 3.88. The van der Waals surface area contributed by atoms with Crippen molar-refractivity contribution in [2.45, 2.75) is 44.1 Å². The van der Waals surface area contributed by atoms with Gasteiger partial charge in [0.15, 0.2) is 11.5 Å². The summed E-state index contributed by atoms with van der Waals surface area (Å²) in [5, 5.41) is 50.2. The highest BCUT2D eigenvalue weighted by Gasteiger charge is 2.43. The number of hydrogen-bond donors (Lipinski definition) is 5. The number of fused-ring (bicyclic) bond motifs is 3. The zero-order valence-corrected chi connectivity index (χ0v) is 17.2. The highest BCUT2D eigenvalue weighted by molar-refractivity contribution is 5.87. The van der Waals surface area contributed by atoms with E-state index in [1.165, 1.54) is 7.11 Å². The van der Waals surface area contributed by atoms with Crippen molar-refractivity contribution >= 4 is 5.57 Å². The lowest BCUT2D eigenvalue weighted by atomic mass is 9.93. The van der Waals surface area contributed by atoms with E-state index in [0.29, 0.717) is 17.7 Å². The van der Waals surface area contributed by atoms with Crippen LogP contribution in [-0.2, 0) is 11.2 Å². The Morgan fingerprint density at radius 1 is 0.968 bits per heavy atom. The first-order valence-electron chi connectivity index (χ1n) is 10.0. The molecule has 1 heterocycles. The normalized spacial score (nSPS) is 27.5. The molecule has 4 rings (SSSR count). The standard InChI is InChI=1S/C23H26O8/c1-11-20(26)21(27)22(28)23(30-11)31-19-9-17-15-6-5-14(25)7-12(15)3-4-13(10-24)16(17)8-18(19)29-2/h4-9,11,20-28H,3,10H2,1-2H3. The van der Waals surface area contributed by atoms with Crippen LogP contribution in [0.3, 0.4) is 0 Å². The molecule has 5 atom stereocenters. The van der Waals surface area contributed by atoms with Crippen LogP contribution in [-0.4, -0.2) is 70.0 Å². The Balaban J connectivity index is 1.80. The molecule has 8 nitrogen and oxygen atoms in total. The van der Waals surface area contributed by atoms with E-state index >= 15 is 0 Å². The number of benzene rings is 2. The molecule has 2 aliphatic rings. The third-order valence-corrected chi connectivity index (χ3v) is 5.82. The van der Waals surface area contributed by atoms with Gasteiger partial charge in [0, 0.05) is 0 Å². The maximum Gasteiger partial charge on any atom is 0.229 e. The Kier molecular flexibility index (Phi) is 5.92. The van der Waals surface area contributed by atoms with Crippen molar-refractivity contribution in [3.8, 4) is 28.4 Å². The topological polar surface area (TPSA) is 129 Å². The van der Waals surface area contributed by atoms with Gasteiger partial charge in [-0.3, -0.25) is 0 Å². The summed E-state index contributed by atoms with van der Waals surface area (Å²) >= 11 is 0. The van der Waals surface area contributed by atoms with Crippen molar-refractivity contribution in [1.82, 2.24) is 0 Å². The molecule has 166 valence electrons. The molecule has 5 unspecified atom stereocenters.